The van der Waals surface area contributed by atoms with E-state index in [-0.39, 0.29) is 0 Å². The van der Waals surface area contributed by atoms with Crippen LogP contribution in [0.3, 0.4) is 0 Å². The van der Waals surface area contributed by atoms with E-state index in [0.717, 1.165) is 44.0 Å². The zero-order valence-electron chi connectivity index (χ0n) is 13.7. The third kappa shape index (κ3) is 4.60. The van der Waals surface area contributed by atoms with Gasteiger partial charge in [-0.05, 0) is 42.9 Å². The van der Waals surface area contributed by atoms with Gasteiger partial charge in [0.1, 0.15) is 6.54 Å². The van der Waals surface area contributed by atoms with Crippen LogP contribution in [0.1, 0.15) is 29.5 Å². The molecule has 1 fully saturated rings. The van der Waals surface area contributed by atoms with E-state index in [9.17, 15) is 13.2 Å². The van der Waals surface area contributed by atoms with Gasteiger partial charge in [0.25, 0.3) is 0 Å². The van der Waals surface area contributed by atoms with Crippen LogP contribution >= 0.6 is 0 Å². The predicted octanol–water partition coefficient (Wildman–Crippen LogP) is 3.74. The number of hydrogen-bond donors (Lipinski definition) is 1. The summed E-state index contributed by atoms with van der Waals surface area (Å²) in [6.45, 7) is 2.75. The maximum Gasteiger partial charge on any atom is 0.416 e. The topological polar surface area (TPSA) is 4.44 Å². The number of rotatable bonds is 4. The van der Waals surface area contributed by atoms with E-state index in [2.05, 4.69) is 24.3 Å². The molecule has 0 spiro atoms. The summed E-state index contributed by atoms with van der Waals surface area (Å²) in [6, 6.07) is 16.3. The van der Waals surface area contributed by atoms with Crippen molar-refractivity contribution in [3.63, 3.8) is 0 Å². The molecule has 0 radical (unpaired) electrons. The van der Waals surface area contributed by atoms with Crippen molar-refractivity contribution < 1.29 is 18.1 Å². The van der Waals surface area contributed by atoms with Crippen LogP contribution in [0.2, 0.25) is 0 Å². The van der Waals surface area contributed by atoms with E-state index >= 15 is 0 Å². The Labute approximate surface area is 141 Å². The summed E-state index contributed by atoms with van der Waals surface area (Å²) >= 11 is 0. The van der Waals surface area contributed by atoms with Crippen molar-refractivity contribution in [3.05, 3.63) is 71.3 Å². The van der Waals surface area contributed by atoms with Crippen molar-refractivity contribution >= 4 is 0 Å². The molecule has 2 aromatic rings. The van der Waals surface area contributed by atoms with Crippen LogP contribution < -0.4 is 4.90 Å². The summed E-state index contributed by atoms with van der Waals surface area (Å²) in [6.07, 6.45) is -0.863. The summed E-state index contributed by atoms with van der Waals surface area (Å²) in [5, 5.41) is 0. The molecule has 1 saturated heterocycles. The first-order valence-corrected chi connectivity index (χ1v) is 8.54. The van der Waals surface area contributed by atoms with E-state index in [0.29, 0.717) is 12.5 Å². The van der Waals surface area contributed by atoms with E-state index < -0.39 is 11.7 Å². The minimum Gasteiger partial charge on any atom is -0.331 e. The Morgan fingerprint density at radius 2 is 1.54 bits per heavy atom. The number of benzene rings is 2. The van der Waals surface area contributed by atoms with Crippen LogP contribution in [0, 0.1) is 5.92 Å². The van der Waals surface area contributed by atoms with Gasteiger partial charge in [0, 0.05) is 5.56 Å². The van der Waals surface area contributed by atoms with Crippen molar-refractivity contribution in [1.29, 1.82) is 0 Å². The highest BCUT2D eigenvalue weighted by atomic mass is 19.4. The van der Waals surface area contributed by atoms with E-state index in [4.69, 9.17) is 0 Å². The van der Waals surface area contributed by atoms with E-state index in [1.807, 2.05) is 6.07 Å². The zero-order chi connectivity index (χ0) is 17.0. The lowest BCUT2D eigenvalue weighted by Crippen LogP contribution is -3.11. The van der Waals surface area contributed by atoms with Gasteiger partial charge in [-0.2, -0.15) is 13.2 Å². The molecule has 1 aliphatic rings. The van der Waals surface area contributed by atoms with Crippen molar-refractivity contribution in [3.8, 4) is 0 Å². The number of hydrogen-bond acceptors (Lipinski definition) is 0. The standard InChI is InChI=1S/C20H22F3N/c21-20(22,23)19-8-4-7-18(14-19)15-24-11-9-17(10-12-24)13-16-5-2-1-3-6-16/h1-8,14,17H,9-13,15H2/p+1. The smallest absolute Gasteiger partial charge is 0.331 e. The fraction of sp³-hybridized carbons (Fsp3) is 0.400. The average molecular weight is 334 g/mol. The maximum atomic E-state index is 12.8. The summed E-state index contributed by atoms with van der Waals surface area (Å²) in [4.78, 5) is 1.39. The first-order valence-electron chi connectivity index (χ1n) is 8.54. The Kier molecular flexibility index (Phi) is 5.24. The molecule has 24 heavy (non-hydrogen) atoms. The molecule has 1 aliphatic heterocycles. The molecule has 1 N–H and O–H groups in total. The average Bonchev–Trinajstić information content (AvgIpc) is 2.57. The lowest BCUT2D eigenvalue weighted by atomic mass is 9.90. The van der Waals surface area contributed by atoms with Crippen LogP contribution in [0.4, 0.5) is 13.2 Å². The van der Waals surface area contributed by atoms with Crippen LogP contribution in [-0.4, -0.2) is 13.1 Å². The molecule has 1 nitrogen and oxygen atoms in total. The van der Waals surface area contributed by atoms with Crippen LogP contribution in [0.15, 0.2) is 54.6 Å². The van der Waals surface area contributed by atoms with Crippen molar-refractivity contribution in [2.75, 3.05) is 13.1 Å². The fourth-order valence-corrected chi connectivity index (χ4v) is 3.56. The van der Waals surface area contributed by atoms with Crippen LogP contribution in [0.25, 0.3) is 0 Å². The lowest BCUT2D eigenvalue weighted by Gasteiger charge is -2.29. The Balaban J connectivity index is 1.52. The monoisotopic (exact) mass is 334 g/mol. The lowest BCUT2D eigenvalue weighted by molar-refractivity contribution is -0.919. The Morgan fingerprint density at radius 1 is 0.875 bits per heavy atom. The number of alkyl halides is 3. The fourth-order valence-electron chi connectivity index (χ4n) is 3.56. The predicted molar refractivity (Wildman–Crippen MR) is 88.7 cm³/mol. The molecule has 3 rings (SSSR count). The van der Waals surface area contributed by atoms with Crippen LogP contribution in [0.5, 0.6) is 0 Å². The third-order valence-electron chi connectivity index (χ3n) is 4.89. The van der Waals surface area contributed by atoms with Gasteiger partial charge in [0.15, 0.2) is 0 Å². The van der Waals surface area contributed by atoms with Crippen molar-refractivity contribution in [1.82, 2.24) is 0 Å². The molecule has 0 aromatic heterocycles. The highest BCUT2D eigenvalue weighted by molar-refractivity contribution is 5.25. The van der Waals surface area contributed by atoms with Gasteiger partial charge >= 0.3 is 6.18 Å². The highest BCUT2D eigenvalue weighted by Gasteiger charge is 2.31. The van der Waals surface area contributed by atoms with Gasteiger partial charge < -0.3 is 4.90 Å². The summed E-state index contributed by atoms with van der Waals surface area (Å²) in [5.41, 5.74) is 1.61. The Hall–Kier alpha value is -1.81. The second-order valence-corrected chi connectivity index (χ2v) is 6.76. The SMILES string of the molecule is FC(F)(F)c1cccc(C[NH+]2CCC(Cc3ccccc3)CC2)c1. The van der Waals surface area contributed by atoms with Crippen molar-refractivity contribution in [2.45, 2.75) is 32.0 Å². The maximum absolute atomic E-state index is 12.8. The largest absolute Gasteiger partial charge is 0.416 e. The summed E-state index contributed by atoms with van der Waals surface area (Å²) < 4.78 is 38.4. The molecule has 0 saturated carbocycles. The van der Waals surface area contributed by atoms with Gasteiger partial charge in [0.05, 0.1) is 18.7 Å². The Bertz CT molecular complexity index is 643. The summed E-state index contributed by atoms with van der Waals surface area (Å²) in [5.74, 6) is 0.692. The van der Waals surface area contributed by atoms with Gasteiger partial charge in [0.2, 0.25) is 0 Å². The molecular formula is C20H23F3N+. The molecular weight excluding hydrogens is 311 g/mol. The second-order valence-electron chi connectivity index (χ2n) is 6.76. The zero-order valence-corrected chi connectivity index (χ0v) is 13.7. The minimum atomic E-state index is -4.26. The quantitative estimate of drug-likeness (QED) is 0.869. The molecule has 0 unspecified atom stereocenters. The Morgan fingerprint density at radius 3 is 2.21 bits per heavy atom. The number of likely N-dealkylation sites (tertiary alicyclic amines) is 1. The third-order valence-corrected chi connectivity index (χ3v) is 4.89. The summed E-state index contributed by atoms with van der Waals surface area (Å²) in [7, 11) is 0. The van der Waals surface area contributed by atoms with Crippen LogP contribution in [-0.2, 0) is 19.1 Å². The first-order chi connectivity index (χ1) is 11.5. The van der Waals surface area contributed by atoms with Gasteiger partial charge in [-0.3, -0.25) is 0 Å². The van der Waals surface area contributed by atoms with E-state index in [1.165, 1.54) is 22.6 Å². The molecule has 0 aliphatic carbocycles. The number of halogens is 3. The van der Waals surface area contributed by atoms with Crippen molar-refractivity contribution in [2.24, 2.45) is 5.92 Å². The molecule has 0 bridgehead atoms. The number of nitrogens with one attached hydrogen (secondary N) is 1. The normalized spacial score (nSPS) is 21.6. The van der Waals surface area contributed by atoms with Gasteiger partial charge in [-0.1, -0.05) is 42.5 Å². The second kappa shape index (κ2) is 7.39. The van der Waals surface area contributed by atoms with Gasteiger partial charge in [-0.25, -0.2) is 0 Å². The molecule has 0 atom stereocenters. The highest BCUT2D eigenvalue weighted by Crippen LogP contribution is 2.29. The molecule has 4 heteroatoms. The molecule has 128 valence electrons. The first kappa shape index (κ1) is 17.0. The molecule has 0 amide bonds. The number of quaternary nitrogens is 1. The number of piperidine rings is 1. The molecule has 2 aromatic carbocycles. The van der Waals surface area contributed by atoms with Gasteiger partial charge in [-0.15, -0.1) is 0 Å². The minimum absolute atomic E-state index is 0.543. The van der Waals surface area contributed by atoms with E-state index in [1.54, 1.807) is 6.07 Å². The molecule has 1 heterocycles.